The van der Waals surface area contributed by atoms with Crippen molar-refractivity contribution in [1.82, 2.24) is 25.4 Å². The number of carbonyl (C=O) groups excluding carboxylic acids is 10. The van der Waals surface area contributed by atoms with Crippen LogP contribution in [0.1, 0.15) is 109 Å². The van der Waals surface area contributed by atoms with E-state index in [0.29, 0.717) is 41.5 Å². The Balaban J connectivity index is 0.859. The molecular formula is C61H79ClN8O16S4. The maximum Gasteiger partial charge on any atom is 0.409 e. The average molecular weight is 1340 g/mol. The van der Waals surface area contributed by atoms with Gasteiger partial charge >= 0.3 is 12.1 Å². The number of allylic oxidation sites excluding steroid dienone is 3. The van der Waals surface area contributed by atoms with Gasteiger partial charge in [-0.05, 0) is 76.5 Å². The Hall–Kier alpha value is -5.88. The normalized spacial score (nSPS) is 28.3. The van der Waals surface area contributed by atoms with Crippen LogP contribution in [-0.2, 0) is 63.7 Å². The van der Waals surface area contributed by atoms with Gasteiger partial charge in [-0.15, -0.1) is 35.3 Å². The number of carbonyl (C=O) groups is 10. The number of aliphatic hydroxyl groups is 1. The van der Waals surface area contributed by atoms with Gasteiger partial charge in [0.2, 0.25) is 41.4 Å². The van der Waals surface area contributed by atoms with Crippen molar-refractivity contribution >= 4 is 135 Å². The number of likely N-dealkylation sites (N-methyl/N-ethyl adjacent to an activating group) is 1. The van der Waals surface area contributed by atoms with E-state index in [4.69, 9.17) is 35.3 Å². The number of nitrogens with one attached hydrogen (secondary N) is 3. The van der Waals surface area contributed by atoms with Crippen molar-refractivity contribution in [3.63, 3.8) is 0 Å². The molecule has 490 valence electrons. The first-order valence-corrected chi connectivity index (χ1v) is 34.3. The molecule has 1 aromatic heterocycles. The Kier molecular flexibility index (Phi) is 22.9. The molecule has 7 heterocycles. The van der Waals surface area contributed by atoms with E-state index in [-0.39, 0.29) is 85.0 Å². The lowest BCUT2D eigenvalue weighted by atomic mass is 9.83. The number of hydrogen-bond acceptors (Lipinski definition) is 21. The predicted molar refractivity (Wildman–Crippen MR) is 345 cm³/mol. The van der Waals surface area contributed by atoms with E-state index in [2.05, 4.69) is 20.9 Å². The molecule has 9 amide bonds. The first-order valence-electron chi connectivity index (χ1n) is 29.6. The number of aromatic nitrogens is 1. The van der Waals surface area contributed by atoms with Gasteiger partial charge in [0, 0.05) is 87.7 Å². The number of nitrogens with zero attached hydrogens (tertiary/aromatic N) is 5. The minimum absolute atomic E-state index is 0.00779. The summed E-state index contributed by atoms with van der Waals surface area (Å²) in [5.41, 5.74) is -1.19. The zero-order valence-corrected chi connectivity index (χ0v) is 56.3. The Labute approximate surface area is 545 Å². The lowest BCUT2D eigenvalue weighted by molar-refractivity contribution is -0.162. The SMILES string of the molecule is COc1cc2cc(c1Cl)N(C)C(=O)C[C@H](OC(=O)[C@H](C)N(C)C(=O)CCC(C)(C)SC1CC(=O)N(CCCCNC(=O)c3cnc(NC(=O)CCSC)c(N4C(=O)C5SCSC5C4=O)c3)C1=O)[C@@]1(C)O[C@H]1[C@H](C)[C@@H]1C[C@@](O)(NC(=O)O1)[C@H](OC)/C=C/C=C(\C)C2. The van der Waals surface area contributed by atoms with E-state index in [1.165, 1.54) is 102 Å². The summed E-state index contributed by atoms with van der Waals surface area (Å²) < 4.78 is 28.9. The molecule has 90 heavy (non-hydrogen) atoms. The highest BCUT2D eigenvalue weighted by Crippen LogP contribution is 2.50. The van der Waals surface area contributed by atoms with Crippen LogP contribution in [0.2, 0.25) is 5.02 Å². The van der Waals surface area contributed by atoms with Crippen molar-refractivity contribution in [2.24, 2.45) is 5.92 Å². The summed E-state index contributed by atoms with van der Waals surface area (Å²) in [6, 6.07) is 3.73. The van der Waals surface area contributed by atoms with E-state index >= 15 is 0 Å². The molecule has 5 fully saturated rings. The predicted octanol–water partition coefficient (Wildman–Crippen LogP) is 6.28. The van der Waals surface area contributed by atoms with Crippen molar-refractivity contribution < 1.29 is 76.7 Å². The summed E-state index contributed by atoms with van der Waals surface area (Å²) >= 11 is 12.3. The second-order valence-electron chi connectivity index (χ2n) is 24.0. The Morgan fingerprint density at radius 3 is 2.40 bits per heavy atom. The zero-order chi connectivity index (χ0) is 65.7. The molecule has 4 N–H and O–H groups in total. The van der Waals surface area contributed by atoms with Crippen molar-refractivity contribution in [3.05, 3.63) is 64.3 Å². The number of rotatable bonds is 21. The quantitative estimate of drug-likeness (QED) is 0.0463. The summed E-state index contributed by atoms with van der Waals surface area (Å²) in [7, 11) is 5.87. The third-order valence-electron chi connectivity index (χ3n) is 17.1. The average Bonchev–Trinajstić information content (AvgIpc) is 1.65. The number of esters is 1. The topological polar surface area (TPSA) is 302 Å². The molecular weight excluding hydrogens is 1260 g/mol. The molecule has 5 saturated heterocycles. The second-order valence-corrected chi connectivity index (χ2v) is 29.9. The van der Waals surface area contributed by atoms with Gasteiger partial charge in [0.25, 0.3) is 5.91 Å². The summed E-state index contributed by atoms with van der Waals surface area (Å²) in [6.45, 7) is 10.8. The van der Waals surface area contributed by atoms with Gasteiger partial charge in [0.15, 0.2) is 11.5 Å². The van der Waals surface area contributed by atoms with E-state index in [1.807, 2.05) is 33.1 Å². The number of thioether (sulfide) groups is 4. The molecule has 4 bridgehead atoms. The molecule has 29 heteroatoms. The lowest BCUT2D eigenvalue weighted by Crippen LogP contribution is -2.63. The number of pyridine rings is 1. The summed E-state index contributed by atoms with van der Waals surface area (Å²) in [5, 5.41) is 18.8. The van der Waals surface area contributed by atoms with Gasteiger partial charge in [-0.3, -0.25) is 48.6 Å². The monoisotopic (exact) mass is 1340 g/mol. The lowest BCUT2D eigenvalue weighted by Gasteiger charge is -2.42. The highest BCUT2D eigenvalue weighted by atomic mass is 35.5. The fourth-order valence-corrected chi connectivity index (χ4v) is 16.7. The first-order chi connectivity index (χ1) is 42.5. The minimum atomic E-state index is -1.90. The van der Waals surface area contributed by atoms with Crippen LogP contribution in [0.15, 0.2) is 48.2 Å². The molecule has 6 aliphatic rings. The van der Waals surface area contributed by atoms with Crippen LogP contribution in [0.5, 0.6) is 5.75 Å². The van der Waals surface area contributed by atoms with Gasteiger partial charge in [-0.1, -0.05) is 56.2 Å². The molecule has 8 rings (SSSR count). The molecule has 24 nitrogen and oxygen atoms in total. The standard InChI is InChI=1S/C61H79ClN8O16S4/c1-32-15-14-16-42(83-10)61(81)29-40(84-58(80)66-61)33(2)51-60(6,86-51)43(28-46(73)68(8)37-24-35(23-32)25-39(82-9)48(37)62)85-57(79)34(3)67(7)45(72)17-19-59(4,5)90-41-27-47(74)69(54(41)76)21-13-12-20-63-53(75)36-26-38(52(64-30-36)65-44(71)18-22-87-11)70-55(77)49-50(56(70)78)89-31-88-49/h14-16,24-26,30,33-34,40-43,49-51,81H,12-13,17-23,27-29,31H2,1-11H3,(H,63,75)(H,66,80)(H,64,65,71)/b16-14+,32-15+/t33-,34+,40+,41?,42-,43+,49?,50?,51+,60-,61+/m1/s1. The van der Waals surface area contributed by atoms with Crippen molar-refractivity contribution in [1.29, 1.82) is 0 Å². The van der Waals surface area contributed by atoms with Crippen LogP contribution in [0.25, 0.3) is 0 Å². The van der Waals surface area contributed by atoms with E-state index in [1.54, 1.807) is 45.2 Å². The highest BCUT2D eigenvalue weighted by molar-refractivity contribution is 8.20. The molecule has 1 aromatic carbocycles. The molecule has 0 spiro atoms. The van der Waals surface area contributed by atoms with Crippen LogP contribution >= 0.6 is 58.6 Å². The maximum atomic E-state index is 14.5. The number of unbranched alkanes of at least 4 members (excludes halogenated alkanes) is 1. The summed E-state index contributed by atoms with van der Waals surface area (Å²) in [4.78, 5) is 145. The number of anilines is 3. The number of benzene rings is 1. The number of alkyl carbamates (subject to hydrolysis) is 1. The Morgan fingerprint density at radius 2 is 1.72 bits per heavy atom. The number of halogens is 1. The fraction of sp³-hybridized carbons (Fsp3) is 0.590. The number of fused-ring (bicyclic) bond motifs is 6. The summed E-state index contributed by atoms with van der Waals surface area (Å²) in [5.74, 6) is -4.02. The van der Waals surface area contributed by atoms with Gasteiger partial charge in [-0.2, -0.15) is 11.8 Å². The highest BCUT2D eigenvalue weighted by Gasteiger charge is 2.65. The van der Waals surface area contributed by atoms with Gasteiger partial charge < -0.3 is 49.2 Å². The van der Waals surface area contributed by atoms with Gasteiger partial charge in [0.05, 0.1) is 41.8 Å². The van der Waals surface area contributed by atoms with Crippen LogP contribution in [0, 0.1) is 5.92 Å². The van der Waals surface area contributed by atoms with E-state index < -0.39 is 116 Å². The number of amides is 9. The van der Waals surface area contributed by atoms with Gasteiger partial charge in [0.1, 0.15) is 51.2 Å². The third kappa shape index (κ3) is 15.8. The third-order valence-corrected chi connectivity index (χ3v) is 22.5. The summed E-state index contributed by atoms with van der Waals surface area (Å²) in [6.07, 6.45) is 4.43. The molecule has 3 unspecified atom stereocenters. The number of hydrogen-bond donors (Lipinski definition) is 4. The molecule has 6 aliphatic heterocycles. The fourth-order valence-electron chi connectivity index (χ4n) is 11.5. The van der Waals surface area contributed by atoms with Gasteiger partial charge in [-0.25, -0.2) is 19.5 Å². The molecule has 0 saturated carbocycles. The number of ether oxygens (including phenoxy) is 5. The molecule has 0 radical (unpaired) electrons. The van der Waals surface area contributed by atoms with Crippen LogP contribution in [-0.4, -0.2) is 200 Å². The van der Waals surface area contributed by atoms with E-state index in [0.717, 1.165) is 16.0 Å². The number of imide groups is 2. The number of methoxy groups -OCH3 is 2. The molecule has 11 atom stereocenters. The molecule has 2 aromatic rings. The Bertz CT molecular complexity index is 3210. The number of likely N-dealkylation sites (tertiary alicyclic amines) is 1. The zero-order valence-electron chi connectivity index (χ0n) is 52.2. The first kappa shape index (κ1) is 70.0. The maximum absolute atomic E-state index is 14.5. The van der Waals surface area contributed by atoms with Crippen molar-refractivity contribution in [2.75, 3.05) is 73.6 Å². The van der Waals surface area contributed by atoms with Crippen LogP contribution in [0.3, 0.4) is 0 Å². The van der Waals surface area contributed by atoms with E-state index in [9.17, 15) is 53.1 Å². The Morgan fingerprint density at radius 1 is 1.01 bits per heavy atom. The molecule has 0 aliphatic carbocycles. The van der Waals surface area contributed by atoms with Crippen molar-refractivity contribution in [2.45, 2.75) is 162 Å². The number of epoxide rings is 1. The van der Waals surface area contributed by atoms with Crippen molar-refractivity contribution in [3.8, 4) is 5.75 Å². The second kappa shape index (κ2) is 29.4. The smallest absolute Gasteiger partial charge is 0.409 e. The van der Waals surface area contributed by atoms with Crippen LogP contribution in [0.4, 0.5) is 22.0 Å². The van der Waals surface area contributed by atoms with Crippen LogP contribution < -0.4 is 30.5 Å². The largest absolute Gasteiger partial charge is 0.495 e. The minimum Gasteiger partial charge on any atom is -0.495 e.